The average molecular weight is 338 g/mol. The van der Waals surface area contributed by atoms with Crippen molar-refractivity contribution < 1.29 is 4.79 Å². The molecule has 1 amide bonds. The number of anilines is 1. The summed E-state index contributed by atoms with van der Waals surface area (Å²) in [6.45, 7) is 4.27. The van der Waals surface area contributed by atoms with Crippen molar-refractivity contribution in [2.45, 2.75) is 38.1 Å². The van der Waals surface area contributed by atoms with Crippen LogP contribution < -0.4 is 11.1 Å². The van der Waals surface area contributed by atoms with Crippen LogP contribution in [0.5, 0.6) is 0 Å². The highest BCUT2D eigenvalue weighted by atomic mass is 35.5. The molecular weight excluding hydrogens is 318 g/mol. The van der Waals surface area contributed by atoms with Gasteiger partial charge in [0.1, 0.15) is 0 Å². The SMILES string of the molecule is CC(C)c1sc(NC(=O)C2(N)CC2)nc1-c1ccccc1.Cl. The zero-order chi connectivity index (χ0) is 15.0. The number of nitrogens with two attached hydrogens (primary N) is 1. The third kappa shape index (κ3) is 3.32. The van der Waals surface area contributed by atoms with E-state index in [0.717, 1.165) is 24.1 Å². The van der Waals surface area contributed by atoms with Crippen LogP contribution in [-0.4, -0.2) is 16.4 Å². The summed E-state index contributed by atoms with van der Waals surface area (Å²) in [5, 5.41) is 3.51. The van der Waals surface area contributed by atoms with E-state index in [1.165, 1.54) is 16.2 Å². The molecule has 6 heteroatoms. The van der Waals surface area contributed by atoms with Gasteiger partial charge in [0.25, 0.3) is 0 Å². The van der Waals surface area contributed by atoms with Crippen LogP contribution in [0.2, 0.25) is 0 Å². The smallest absolute Gasteiger partial charge is 0.246 e. The van der Waals surface area contributed by atoms with Crippen molar-refractivity contribution in [2.24, 2.45) is 5.73 Å². The molecule has 1 aromatic heterocycles. The highest BCUT2D eigenvalue weighted by Crippen LogP contribution is 2.38. The van der Waals surface area contributed by atoms with Gasteiger partial charge in [-0.05, 0) is 18.8 Å². The lowest BCUT2D eigenvalue weighted by atomic mass is 10.1. The summed E-state index contributed by atoms with van der Waals surface area (Å²) < 4.78 is 0. The van der Waals surface area contributed by atoms with Gasteiger partial charge in [0.15, 0.2) is 5.13 Å². The van der Waals surface area contributed by atoms with Gasteiger partial charge in [0.05, 0.1) is 11.2 Å². The summed E-state index contributed by atoms with van der Waals surface area (Å²) >= 11 is 1.54. The second-order valence-electron chi connectivity index (χ2n) is 5.86. The van der Waals surface area contributed by atoms with Gasteiger partial charge in [-0.1, -0.05) is 44.2 Å². The fourth-order valence-corrected chi connectivity index (χ4v) is 3.15. The number of amides is 1. The molecule has 1 saturated carbocycles. The Balaban J connectivity index is 0.00000176. The topological polar surface area (TPSA) is 68.0 Å². The molecule has 0 bridgehead atoms. The molecule has 4 nitrogen and oxygen atoms in total. The Morgan fingerprint density at radius 2 is 1.95 bits per heavy atom. The van der Waals surface area contributed by atoms with Gasteiger partial charge in [0.2, 0.25) is 5.91 Å². The van der Waals surface area contributed by atoms with Crippen molar-refractivity contribution in [3.8, 4) is 11.3 Å². The molecule has 0 spiro atoms. The number of nitrogens with zero attached hydrogens (tertiary/aromatic N) is 1. The Hall–Kier alpha value is -1.43. The number of benzene rings is 1. The largest absolute Gasteiger partial charge is 0.317 e. The maximum Gasteiger partial charge on any atom is 0.246 e. The maximum absolute atomic E-state index is 12.1. The molecule has 118 valence electrons. The van der Waals surface area contributed by atoms with Crippen LogP contribution >= 0.6 is 23.7 Å². The summed E-state index contributed by atoms with van der Waals surface area (Å²) in [5.74, 6) is 0.238. The highest BCUT2D eigenvalue weighted by molar-refractivity contribution is 7.16. The van der Waals surface area contributed by atoms with E-state index in [-0.39, 0.29) is 18.3 Å². The number of hydrogen-bond donors (Lipinski definition) is 2. The quantitative estimate of drug-likeness (QED) is 0.892. The molecule has 0 unspecified atom stereocenters. The van der Waals surface area contributed by atoms with Crippen LogP contribution in [-0.2, 0) is 4.79 Å². The standard InChI is InChI=1S/C16H19N3OS.ClH/c1-10(2)13-12(11-6-4-3-5-7-11)18-15(21-13)19-14(20)16(17)8-9-16;/h3-7,10H,8-9,17H2,1-2H3,(H,18,19,20);1H. The Bertz CT molecular complexity index is 665. The molecule has 3 rings (SSSR count). The molecular formula is C16H20ClN3OS. The van der Waals surface area contributed by atoms with E-state index in [9.17, 15) is 4.79 Å². The fraction of sp³-hybridized carbons (Fsp3) is 0.375. The molecule has 1 aliphatic rings. The molecule has 1 aromatic carbocycles. The minimum absolute atomic E-state index is 0. The first-order valence-corrected chi connectivity index (χ1v) is 7.98. The Kier molecular flexibility index (Phi) is 4.90. The van der Waals surface area contributed by atoms with Crippen molar-refractivity contribution in [3.05, 3.63) is 35.2 Å². The number of thiazole rings is 1. The van der Waals surface area contributed by atoms with E-state index in [4.69, 9.17) is 5.73 Å². The predicted octanol–water partition coefficient (Wildman–Crippen LogP) is 3.79. The van der Waals surface area contributed by atoms with Gasteiger partial charge >= 0.3 is 0 Å². The lowest BCUT2D eigenvalue weighted by molar-refractivity contribution is -0.118. The Morgan fingerprint density at radius 1 is 1.32 bits per heavy atom. The molecule has 0 atom stereocenters. The van der Waals surface area contributed by atoms with Gasteiger partial charge in [-0.25, -0.2) is 4.98 Å². The van der Waals surface area contributed by atoms with Crippen molar-refractivity contribution in [1.82, 2.24) is 4.98 Å². The van der Waals surface area contributed by atoms with Gasteiger partial charge < -0.3 is 11.1 Å². The van der Waals surface area contributed by atoms with E-state index >= 15 is 0 Å². The first-order valence-electron chi connectivity index (χ1n) is 7.16. The molecule has 1 aliphatic carbocycles. The van der Waals surface area contributed by atoms with Gasteiger partial charge in [0, 0.05) is 10.4 Å². The third-order valence-electron chi connectivity index (χ3n) is 3.69. The van der Waals surface area contributed by atoms with E-state index in [1.54, 1.807) is 0 Å². The molecule has 0 radical (unpaired) electrons. The number of hydrogen-bond acceptors (Lipinski definition) is 4. The summed E-state index contributed by atoms with van der Waals surface area (Å²) in [5.41, 5.74) is 7.28. The normalized spacial score (nSPS) is 15.3. The molecule has 0 saturated heterocycles. The minimum atomic E-state index is -0.670. The molecule has 3 N–H and O–H groups in total. The third-order valence-corrected chi connectivity index (χ3v) is 4.96. The van der Waals surface area contributed by atoms with Crippen LogP contribution in [0.1, 0.15) is 37.5 Å². The Labute approximate surface area is 140 Å². The van der Waals surface area contributed by atoms with E-state index in [1.807, 2.05) is 30.3 Å². The van der Waals surface area contributed by atoms with Crippen molar-refractivity contribution in [2.75, 3.05) is 5.32 Å². The van der Waals surface area contributed by atoms with Crippen LogP contribution in [0.25, 0.3) is 11.3 Å². The molecule has 0 aliphatic heterocycles. The van der Waals surface area contributed by atoms with E-state index in [2.05, 4.69) is 24.1 Å². The van der Waals surface area contributed by atoms with Gasteiger partial charge in [-0.3, -0.25) is 4.79 Å². The zero-order valence-corrected chi connectivity index (χ0v) is 14.3. The van der Waals surface area contributed by atoms with Crippen molar-refractivity contribution >= 4 is 34.8 Å². The first-order chi connectivity index (χ1) is 9.99. The fourth-order valence-electron chi connectivity index (χ4n) is 2.16. The molecule has 1 heterocycles. The number of carbonyl (C=O) groups excluding carboxylic acids is 1. The monoisotopic (exact) mass is 337 g/mol. The van der Waals surface area contributed by atoms with Crippen molar-refractivity contribution in [3.63, 3.8) is 0 Å². The minimum Gasteiger partial charge on any atom is -0.317 e. The van der Waals surface area contributed by atoms with Crippen molar-refractivity contribution in [1.29, 1.82) is 0 Å². The molecule has 22 heavy (non-hydrogen) atoms. The first kappa shape index (κ1) is 16.9. The molecule has 1 fully saturated rings. The second kappa shape index (κ2) is 6.36. The van der Waals surface area contributed by atoms with E-state index < -0.39 is 5.54 Å². The summed E-state index contributed by atoms with van der Waals surface area (Å²) in [6.07, 6.45) is 1.51. The number of rotatable bonds is 4. The van der Waals surface area contributed by atoms with Crippen LogP contribution in [0.15, 0.2) is 30.3 Å². The lowest BCUT2D eigenvalue weighted by Crippen LogP contribution is -2.37. The number of carbonyl (C=O) groups is 1. The zero-order valence-electron chi connectivity index (χ0n) is 12.6. The average Bonchev–Trinajstić information content (AvgIpc) is 3.08. The van der Waals surface area contributed by atoms with Crippen LogP contribution in [0.4, 0.5) is 5.13 Å². The second-order valence-corrected chi connectivity index (χ2v) is 6.89. The lowest BCUT2D eigenvalue weighted by Gasteiger charge is -2.06. The summed E-state index contributed by atoms with van der Waals surface area (Å²) in [4.78, 5) is 17.8. The highest BCUT2D eigenvalue weighted by Gasteiger charge is 2.46. The number of aromatic nitrogens is 1. The maximum atomic E-state index is 12.1. The predicted molar refractivity (Wildman–Crippen MR) is 93.7 cm³/mol. The number of nitrogens with one attached hydrogen (secondary N) is 1. The van der Waals surface area contributed by atoms with Gasteiger partial charge in [-0.15, -0.1) is 23.7 Å². The van der Waals surface area contributed by atoms with Crippen LogP contribution in [0.3, 0.4) is 0 Å². The van der Waals surface area contributed by atoms with E-state index in [0.29, 0.717) is 11.0 Å². The van der Waals surface area contributed by atoms with Gasteiger partial charge in [-0.2, -0.15) is 0 Å². The summed E-state index contributed by atoms with van der Waals surface area (Å²) in [6, 6.07) is 10.1. The number of halogens is 1. The Morgan fingerprint density at radius 3 is 2.50 bits per heavy atom. The molecule has 2 aromatic rings. The van der Waals surface area contributed by atoms with Crippen LogP contribution in [0, 0.1) is 0 Å². The summed E-state index contributed by atoms with van der Waals surface area (Å²) in [7, 11) is 0.